The molecule has 1 aromatic rings. The van der Waals surface area contributed by atoms with Crippen LogP contribution in [0.15, 0.2) is 35.3 Å². The van der Waals surface area contributed by atoms with Crippen LogP contribution in [-0.4, -0.2) is 24.2 Å². The number of allylic oxidation sites excluding steroid dienone is 1. The van der Waals surface area contributed by atoms with E-state index in [-0.39, 0.29) is 5.41 Å². The van der Waals surface area contributed by atoms with E-state index in [1.165, 1.54) is 0 Å². The fraction of sp³-hybridized carbons (Fsp3) is 0.400. The van der Waals surface area contributed by atoms with E-state index >= 15 is 0 Å². The van der Waals surface area contributed by atoms with Gasteiger partial charge < -0.3 is 10.0 Å². The topological polar surface area (TPSA) is 40.5 Å². The highest BCUT2D eigenvalue weighted by atomic mass is 79.9. The number of carboxylic acid groups (broad SMARTS) is 1. The van der Waals surface area contributed by atoms with Gasteiger partial charge in [0.15, 0.2) is 0 Å². The lowest BCUT2D eigenvalue weighted by Crippen LogP contribution is -2.38. The van der Waals surface area contributed by atoms with E-state index in [1.807, 2.05) is 12.1 Å². The van der Waals surface area contributed by atoms with E-state index in [0.717, 1.165) is 36.1 Å². The highest BCUT2D eigenvalue weighted by Crippen LogP contribution is 2.35. The molecule has 0 radical (unpaired) electrons. The normalized spacial score (nSPS) is 18.1. The van der Waals surface area contributed by atoms with Crippen LogP contribution in [0, 0.1) is 5.41 Å². The number of carboxylic acids is 1. The zero-order valence-corrected chi connectivity index (χ0v) is 12.6. The third-order valence-electron chi connectivity index (χ3n) is 3.93. The van der Waals surface area contributed by atoms with Crippen molar-refractivity contribution in [2.24, 2.45) is 5.41 Å². The molecule has 4 heteroatoms. The van der Waals surface area contributed by atoms with Crippen molar-refractivity contribution in [2.45, 2.75) is 19.8 Å². The molecule has 1 heterocycles. The Kier molecular flexibility index (Phi) is 3.99. The van der Waals surface area contributed by atoms with Gasteiger partial charge in [-0.2, -0.15) is 0 Å². The van der Waals surface area contributed by atoms with Crippen molar-refractivity contribution in [3.8, 4) is 0 Å². The number of piperidine rings is 1. The van der Waals surface area contributed by atoms with Crippen molar-refractivity contribution in [3.05, 3.63) is 40.9 Å². The third-order valence-corrected chi connectivity index (χ3v) is 4.42. The average Bonchev–Trinajstić information content (AvgIpc) is 2.39. The van der Waals surface area contributed by atoms with Crippen LogP contribution in [0.3, 0.4) is 0 Å². The van der Waals surface area contributed by atoms with Crippen molar-refractivity contribution in [3.63, 3.8) is 0 Å². The lowest BCUT2D eigenvalue weighted by molar-refractivity contribution is 0.0697. The average molecular weight is 324 g/mol. The molecule has 0 aliphatic carbocycles. The predicted molar refractivity (Wildman–Crippen MR) is 80.9 cm³/mol. The number of carbonyl (C=O) groups is 1. The van der Waals surface area contributed by atoms with E-state index < -0.39 is 5.97 Å². The summed E-state index contributed by atoms with van der Waals surface area (Å²) in [5.74, 6) is -0.875. The zero-order chi connectivity index (χ0) is 14.0. The Balaban J connectivity index is 2.26. The van der Waals surface area contributed by atoms with Crippen LogP contribution >= 0.6 is 15.9 Å². The van der Waals surface area contributed by atoms with Crippen molar-refractivity contribution in [2.75, 3.05) is 18.0 Å². The van der Waals surface area contributed by atoms with Gasteiger partial charge in [-0.15, -0.1) is 6.58 Å². The summed E-state index contributed by atoms with van der Waals surface area (Å²) >= 11 is 3.41. The summed E-state index contributed by atoms with van der Waals surface area (Å²) in [6, 6.07) is 5.31. The van der Waals surface area contributed by atoms with Gasteiger partial charge in [-0.1, -0.05) is 28.9 Å². The molecule has 0 unspecified atom stereocenters. The molecule has 1 aliphatic rings. The van der Waals surface area contributed by atoms with E-state index in [1.54, 1.807) is 12.1 Å². The second kappa shape index (κ2) is 5.37. The Hall–Kier alpha value is -1.29. The van der Waals surface area contributed by atoms with Crippen LogP contribution < -0.4 is 4.90 Å². The fourth-order valence-corrected chi connectivity index (χ4v) is 2.76. The highest BCUT2D eigenvalue weighted by Gasteiger charge is 2.28. The number of nitrogens with zero attached hydrogens (tertiary/aromatic N) is 1. The summed E-state index contributed by atoms with van der Waals surface area (Å²) in [6.07, 6.45) is 4.02. The van der Waals surface area contributed by atoms with Gasteiger partial charge in [0.25, 0.3) is 0 Å². The molecule has 0 aromatic heterocycles. The molecule has 1 saturated heterocycles. The van der Waals surface area contributed by atoms with Crippen LogP contribution in [0.2, 0.25) is 0 Å². The largest absolute Gasteiger partial charge is 0.478 e. The quantitative estimate of drug-likeness (QED) is 0.856. The van der Waals surface area contributed by atoms with Crippen molar-refractivity contribution >= 4 is 27.6 Å². The smallest absolute Gasteiger partial charge is 0.337 e. The lowest BCUT2D eigenvalue weighted by Gasteiger charge is -2.39. The van der Waals surface area contributed by atoms with Crippen LogP contribution in [-0.2, 0) is 0 Å². The number of hydrogen-bond donors (Lipinski definition) is 1. The Morgan fingerprint density at radius 3 is 2.63 bits per heavy atom. The SMILES string of the molecule is C=CC1(C)CCN(c2cc(Br)ccc2C(=O)O)CC1. The Morgan fingerprint density at radius 2 is 2.11 bits per heavy atom. The number of benzene rings is 1. The van der Waals surface area contributed by atoms with Crippen LogP contribution in [0.4, 0.5) is 5.69 Å². The molecule has 1 fully saturated rings. The minimum absolute atomic E-state index is 0.173. The molecular weight excluding hydrogens is 306 g/mol. The second-order valence-corrected chi connectivity index (χ2v) is 6.23. The van der Waals surface area contributed by atoms with Gasteiger partial charge in [0.2, 0.25) is 0 Å². The number of rotatable bonds is 3. The maximum absolute atomic E-state index is 11.3. The summed E-state index contributed by atoms with van der Waals surface area (Å²) < 4.78 is 0.907. The molecule has 0 bridgehead atoms. The highest BCUT2D eigenvalue weighted by molar-refractivity contribution is 9.10. The standard InChI is InChI=1S/C15H18BrNO2/c1-3-15(2)6-8-17(9-7-15)13-10-11(16)4-5-12(13)14(18)19/h3-5,10H,1,6-9H2,2H3,(H,18,19). The minimum Gasteiger partial charge on any atom is -0.478 e. The molecule has 0 atom stereocenters. The number of hydrogen-bond acceptors (Lipinski definition) is 2. The van der Waals surface area contributed by atoms with Gasteiger partial charge >= 0.3 is 5.97 Å². The van der Waals surface area contributed by atoms with Crippen LogP contribution in [0.1, 0.15) is 30.1 Å². The van der Waals surface area contributed by atoms with Crippen molar-refractivity contribution in [1.29, 1.82) is 0 Å². The van der Waals surface area contributed by atoms with Crippen molar-refractivity contribution < 1.29 is 9.90 Å². The summed E-state index contributed by atoms with van der Waals surface area (Å²) in [5, 5.41) is 9.28. The van der Waals surface area contributed by atoms with Gasteiger partial charge in [-0.3, -0.25) is 0 Å². The van der Waals surface area contributed by atoms with Crippen LogP contribution in [0.5, 0.6) is 0 Å². The molecule has 3 nitrogen and oxygen atoms in total. The molecule has 19 heavy (non-hydrogen) atoms. The maximum atomic E-state index is 11.3. The van der Waals surface area contributed by atoms with E-state index in [2.05, 4.69) is 34.3 Å². The van der Waals surface area contributed by atoms with Crippen LogP contribution in [0.25, 0.3) is 0 Å². The zero-order valence-electron chi connectivity index (χ0n) is 11.0. The summed E-state index contributed by atoms with van der Waals surface area (Å²) in [5.41, 5.74) is 1.34. The number of halogens is 1. The number of aromatic carboxylic acids is 1. The predicted octanol–water partition coefficient (Wildman–Crippen LogP) is 3.94. The molecular formula is C15H18BrNO2. The van der Waals surface area contributed by atoms with Gasteiger partial charge in [-0.25, -0.2) is 4.79 Å². The molecule has 0 saturated carbocycles. The molecule has 2 rings (SSSR count). The summed E-state index contributed by atoms with van der Waals surface area (Å²) in [7, 11) is 0. The van der Waals surface area contributed by atoms with E-state index in [9.17, 15) is 9.90 Å². The Labute approximate surface area is 122 Å². The monoisotopic (exact) mass is 323 g/mol. The molecule has 1 N–H and O–H groups in total. The van der Waals surface area contributed by atoms with Gasteiger partial charge in [-0.05, 0) is 36.5 Å². The summed E-state index contributed by atoms with van der Waals surface area (Å²) in [4.78, 5) is 13.5. The Bertz CT molecular complexity index is 505. The van der Waals surface area contributed by atoms with Gasteiger partial charge in [0, 0.05) is 17.6 Å². The van der Waals surface area contributed by atoms with Crippen molar-refractivity contribution in [1.82, 2.24) is 0 Å². The maximum Gasteiger partial charge on any atom is 0.337 e. The molecule has 1 aliphatic heterocycles. The first-order valence-electron chi connectivity index (χ1n) is 6.36. The van der Waals surface area contributed by atoms with Gasteiger partial charge in [0.1, 0.15) is 0 Å². The summed E-state index contributed by atoms with van der Waals surface area (Å²) in [6.45, 7) is 7.82. The molecule has 0 amide bonds. The van der Waals surface area contributed by atoms with E-state index in [0.29, 0.717) is 5.56 Å². The first-order chi connectivity index (χ1) is 8.95. The second-order valence-electron chi connectivity index (χ2n) is 5.31. The first kappa shape index (κ1) is 14.1. The Morgan fingerprint density at radius 1 is 1.47 bits per heavy atom. The molecule has 0 spiro atoms. The molecule has 1 aromatic carbocycles. The first-order valence-corrected chi connectivity index (χ1v) is 7.16. The third kappa shape index (κ3) is 3.00. The minimum atomic E-state index is -0.875. The lowest BCUT2D eigenvalue weighted by atomic mass is 9.80. The van der Waals surface area contributed by atoms with E-state index in [4.69, 9.17) is 0 Å². The number of anilines is 1. The fourth-order valence-electron chi connectivity index (χ4n) is 2.41. The molecule has 102 valence electrons. The van der Waals surface area contributed by atoms with Gasteiger partial charge in [0.05, 0.1) is 11.3 Å².